The Kier molecular flexibility index (Phi) is 4.80. The largest absolute Gasteiger partial charge is 0.481 e. The van der Waals surface area contributed by atoms with Crippen LogP contribution in [0.15, 0.2) is 24.4 Å². The van der Waals surface area contributed by atoms with Crippen molar-refractivity contribution in [2.45, 2.75) is 39.0 Å². The summed E-state index contributed by atoms with van der Waals surface area (Å²) in [6.45, 7) is 4.68. The van der Waals surface area contributed by atoms with Crippen LogP contribution in [0.1, 0.15) is 29.5 Å². The third kappa shape index (κ3) is 3.56. The van der Waals surface area contributed by atoms with Gasteiger partial charge in [0.25, 0.3) is 0 Å². The van der Waals surface area contributed by atoms with E-state index in [9.17, 15) is 4.79 Å². The molecule has 1 amide bonds. The van der Waals surface area contributed by atoms with Gasteiger partial charge in [-0.25, -0.2) is 4.98 Å². The monoisotopic (exact) mass is 330 g/mol. The topological polar surface area (TPSA) is 78.3 Å². The molecule has 0 aromatic carbocycles. The number of carbonyl (C=O) groups is 1. The first-order valence-corrected chi connectivity index (χ1v) is 7.99. The van der Waals surface area contributed by atoms with Crippen molar-refractivity contribution < 1.29 is 14.3 Å². The van der Waals surface area contributed by atoms with Crippen molar-refractivity contribution in [1.82, 2.24) is 20.1 Å². The van der Waals surface area contributed by atoms with Crippen LogP contribution in [0.2, 0.25) is 0 Å². The normalized spacial score (nSPS) is 20.1. The summed E-state index contributed by atoms with van der Waals surface area (Å²) < 4.78 is 12.6. The van der Waals surface area contributed by atoms with Crippen molar-refractivity contribution in [1.29, 1.82) is 0 Å². The molecule has 1 saturated heterocycles. The summed E-state index contributed by atoms with van der Waals surface area (Å²) in [5, 5.41) is 7.38. The molecule has 2 aromatic rings. The van der Waals surface area contributed by atoms with Crippen LogP contribution in [0.3, 0.4) is 0 Å². The number of pyridine rings is 1. The summed E-state index contributed by atoms with van der Waals surface area (Å²) in [6.07, 6.45) is 2.32. The molecule has 1 aliphatic heterocycles. The summed E-state index contributed by atoms with van der Waals surface area (Å²) in [5.41, 5.74) is 2.82. The van der Waals surface area contributed by atoms with Crippen molar-refractivity contribution in [2.75, 3.05) is 13.7 Å². The van der Waals surface area contributed by atoms with E-state index in [0.717, 1.165) is 23.4 Å². The van der Waals surface area contributed by atoms with Gasteiger partial charge in [-0.2, -0.15) is 5.10 Å². The van der Waals surface area contributed by atoms with Gasteiger partial charge >= 0.3 is 0 Å². The minimum absolute atomic E-state index is 0.0651. The van der Waals surface area contributed by atoms with E-state index in [4.69, 9.17) is 9.47 Å². The Bertz CT molecular complexity index is 711. The molecule has 3 heterocycles. The molecule has 0 spiro atoms. The number of aromatic nitrogens is 3. The van der Waals surface area contributed by atoms with E-state index in [1.165, 1.54) is 0 Å². The predicted molar refractivity (Wildman–Crippen MR) is 87.7 cm³/mol. The molecule has 1 N–H and O–H groups in total. The molecule has 24 heavy (non-hydrogen) atoms. The maximum absolute atomic E-state index is 12.3. The SMILES string of the molecule is COc1ccc([C@H]2OCC[C@@H]2NC(=O)Cn2nc(C)cc2C)cn1. The van der Waals surface area contributed by atoms with Gasteiger partial charge in [0.15, 0.2) is 0 Å². The number of nitrogens with one attached hydrogen (secondary N) is 1. The molecule has 3 rings (SSSR count). The molecule has 0 aliphatic carbocycles. The lowest BCUT2D eigenvalue weighted by Gasteiger charge is -2.20. The van der Waals surface area contributed by atoms with Gasteiger partial charge in [-0.3, -0.25) is 9.48 Å². The molecule has 0 saturated carbocycles. The van der Waals surface area contributed by atoms with E-state index >= 15 is 0 Å². The van der Waals surface area contributed by atoms with Crippen LogP contribution >= 0.6 is 0 Å². The third-order valence-electron chi connectivity index (χ3n) is 4.13. The molecule has 128 valence electrons. The number of rotatable bonds is 5. The molecule has 1 aliphatic rings. The summed E-state index contributed by atoms with van der Waals surface area (Å²) >= 11 is 0. The van der Waals surface area contributed by atoms with E-state index < -0.39 is 0 Å². The van der Waals surface area contributed by atoms with Crippen LogP contribution in [0.25, 0.3) is 0 Å². The average molecular weight is 330 g/mol. The van der Waals surface area contributed by atoms with Gasteiger partial charge in [0.05, 0.1) is 18.8 Å². The highest BCUT2D eigenvalue weighted by molar-refractivity contribution is 5.76. The molecular weight excluding hydrogens is 308 g/mol. The highest BCUT2D eigenvalue weighted by Crippen LogP contribution is 2.29. The first kappa shape index (κ1) is 16.4. The first-order chi connectivity index (χ1) is 11.6. The Hall–Kier alpha value is -2.41. The summed E-state index contributed by atoms with van der Waals surface area (Å²) in [5.74, 6) is 0.491. The highest BCUT2D eigenvalue weighted by Gasteiger charge is 2.31. The van der Waals surface area contributed by atoms with E-state index in [1.54, 1.807) is 24.1 Å². The van der Waals surface area contributed by atoms with Crippen molar-refractivity contribution in [3.05, 3.63) is 41.3 Å². The number of carbonyl (C=O) groups excluding carboxylic acids is 1. The van der Waals surface area contributed by atoms with Crippen molar-refractivity contribution in [3.8, 4) is 5.88 Å². The Morgan fingerprint density at radius 3 is 2.92 bits per heavy atom. The first-order valence-electron chi connectivity index (χ1n) is 7.99. The van der Waals surface area contributed by atoms with Gasteiger partial charge in [-0.1, -0.05) is 0 Å². The maximum Gasteiger partial charge on any atom is 0.242 e. The zero-order valence-corrected chi connectivity index (χ0v) is 14.2. The molecule has 1 fully saturated rings. The Labute approximate surface area is 141 Å². The number of aryl methyl sites for hydroxylation is 2. The molecule has 2 aromatic heterocycles. The zero-order valence-electron chi connectivity index (χ0n) is 14.2. The molecule has 0 radical (unpaired) electrons. The van der Waals surface area contributed by atoms with Gasteiger partial charge in [-0.05, 0) is 32.4 Å². The fraction of sp³-hybridized carbons (Fsp3) is 0.471. The van der Waals surface area contributed by atoms with Crippen LogP contribution < -0.4 is 10.1 Å². The molecule has 0 unspecified atom stereocenters. The van der Waals surface area contributed by atoms with Crippen LogP contribution in [-0.4, -0.2) is 40.4 Å². The Balaban J connectivity index is 1.64. The lowest BCUT2D eigenvalue weighted by molar-refractivity contribution is -0.123. The second-order valence-corrected chi connectivity index (χ2v) is 5.97. The Morgan fingerprint density at radius 2 is 2.29 bits per heavy atom. The van der Waals surface area contributed by atoms with Crippen molar-refractivity contribution in [2.24, 2.45) is 0 Å². The second kappa shape index (κ2) is 7.00. The summed E-state index contributed by atoms with van der Waals surface area (Å²) in [7, 11) is 1.58. The lowest BCUT2D eigenvalue weighted by Crippen LogP contribution is -2.39. The van der Waals surface area contributed by atoms with Gasteiger partial charge in [0.1, 0.15) is 12.6 Å². The van der Waals surface area contributed by atoms with E-state index in [2.05, 4.69) is 15.4 Å². The van der Waals surface area contributed by atoms with Crippen LogP contribution in [0.5, 0.6) is 5.88 Å². The van der Waals surface area contributed by atoms with E-state index in [0.29, 0.717) is 12.5 Å². The summed E-state index contributed by atoms with van der Waals surface area (Å²) in [4.78, 5) is 16.6. The molecule has 0 bridgehead atoms. The number of nitrogens with zero attached hydrogens (tertiary/aromatic N) is 3. The third-order valence-corrected chi connectivity index (χ3v) is 4.13. The molecule has 7 nitrogen and oxygen atoms in total. The maximum atomic E-state index is 12.3. The predicted octanol–water partition coefficient (Wildman–Crippen LogP) is 1.55. The van der Waals surface area contributed by atoms with Crippen molar-refractivity contribution >= 4 is 5.91 Å². The minimum atomic E-state index is -0.187. The number of hydrogen-bond donors (Lipinski definition) is 1. The summed E-state index contributed by atoms with van der Waals surface area (Å²) in [6, 6.07) is 5.61. The number of amides is 1. The smallest absolute Gasteiger partial charge is 0.242 e. The minimum Gasteiger partial charge on any atom is -0.481 e. The van der Waals surface area contributed by atoms with Crippen LogP contribution in [0.4, 0.5) is 0 Å². The van der Waals surface area contributed by atoms with Gasteiger partial charge in [-0.15, -0.1) is 0 Å². The Morgan fingerprint density at radius 1 is 1.46 bits per heavy atom. The van der Waals surface area contributed by atoms with E-state index in [-0.39, 0.29) is 24.6 Å². The second-order valence-electron chi connectivity index (χ2n) is 5.97. The van der Waals surface area contributed by atoms with E-state index in [1.807, 2.05) is 26.0 Å². The van der Waals surface area contributed by atoms with Crippen LogP contribution in [0, 0.1) is 13.8 Å². The van der Waals surface area contributed by atoms with Gasteiger partial charge < -0.3 is 14.8 Å². The number of methoxy groups -OCH3 is 1. The fourth-order valence-corrected chi connectivity index (χ4v) is 2.97. The zero-order chi connectivity index (χ0) is 17.1. The van der Waals surface area contributed by atoms with Gasteiger partial charge in [0, 0.05) is 30.1 Å². The lowest BCUT2D eigenvalue weighted by atomic mass is 10.0. The van der Waals surface area contributed by atoms with Crippen molar-refractivity contribution in [3.63, 3.8) is 0 Å². The molecular formula is C17H22N4O3. The quantitative estimate of drug-likeness (QED) is 0.900. The molecule has 7 heteroatoms. The highest BCUT2D eigenvalue weighted by atomic mass is 16.5. The standard InChI is InChI=1S/C17H22N4O3/c1-11-8-12(2)21(20-11)10-15(22)19-14-6-7-24-17(14)13-4-5-16(23-3)18-9-13/h4-5,8-9,14,17H,6-7,10H2,1-3H3,(H,19,22)/t14-,17+/m0/s1. The van der Waals surface area contributed by atoms with Gasteiger partial charge in [0.2, 0.25) is 11.8 Å². The van der Waals surface area contributed by atoms with Crippen LogP contribution in [-0.2, 0) is 16.1 Å². The number of ether oxygens (including phenoxy) is 2. The molecule has 2 atom stereocenters. The average Bonchev–Trinajstić information content (AvgIpc) is 3.14. The number of hydrogen-bond acceptors (Lipinski definition) is 5. The fourth-order valence-electron chi connectivity index (χ4n) is 2.97.